The average molecular weight is 778 g/mol. The van der Waals surface area contributed by atoms with Crippen LogP contribution in [0, 0.1) is 5.41 Å². The molecule has 0 spiro atoms. The van der Waals surface area contributed by atoms with Gasteiger partial charge in [-0.25, -0.2) is 0 Å². The fourth-order valence-electron chi connectivity index (χ4n) is 6.83. The number of benzene rings is 3. The Morgan fingerprint density at radius 2 is 1.44 bits per heavy atom. The molecule has 302 valence electrons. The van der Waals surface area contributed by atoms with Crippen molar-refractivity contribution in [3.05, 3.63) is 179 Å². The summed E-state index contributed by atoms with van der Waals surface area (Å²) in [4.78, 5) is 1.35. The van der Waals surface area contributed by atoms with E-state index in [4.69, 9.17) is 0 Å². The molecule has 0 aliphatic heterocycles. The summed E-state index contributed by atoms with van der Waals surface area (Å²) in [6.45, 7) is 36.3. The Hall–Kier alpha value is -4.79. The van der Waals surface area contributed by atoms with Crippen molar-refractivity contribution < 1.29 is 0 Å². The second kappa shape index (κ2) is 24.8. The molecule has 1 nitrogen and oxygen atoms in total. The zero-order valence-corrected chi connectivity index (χ0v) is 38.4. The van der Waals surface area contributed by atoms with E-state index in [-0.39, 0.29) is 5.41 Å². The highest BCUT2D eigenvalue weighted by atomic mass is 32.2. The zero-order valence-electron chi connectivity index (χ0n) is 37.6. The van der Waals surface area contributed by atoms with E-state index in [9.17, 15) is 0 Å². The van der Waals surface area contributed by atoms with Crippen LogP contribution in [0.2, 0.25) is 0 Å². The van der Waals surface area contributed by atoms with Crippen LogP contribution in [-0.4, -0.2) is 10.3 Å². The molecule has 0 N–H and O–H groups in total. The summed E-state index contributed by atoms with van der Waals surface area (Å²) in [5.41, 5.74) is 13.2. The van der Waals surface area contributed by atoms with Crippen LogP contribution >= 0.6 is 11.8 Å². The molecule has 4 aromatic rings. The molecule has 3 aromatic carbocycles. The number of thioether (sulfide) groups is 1. The molecular weight excluding hydrogens is 707 g/mol. The maximum absolute atomic E-state index is 4.52. The van der Waals surface area contributed by atoms with Gasteiger partial charge in [-0.05, 0) is 113 Å². The maximum Gasteiger partial charge on any atom is 0.0541 e. The SMILES string of the molecule is C=CC/C(CC)=C(/C=C\C)SC/C=C(\C)C(C)(C)/C(=C/C(=C\C)n1c2ccc(/C(C)=C/C=C\C=C/C)cc2c2cc(-c3ccccc3)ccc21)C(=C)C.CC.CC. The van der Waals surface area contributed by atoms with E-state index in [2.05, 4.69) is 195 Å². The Balaban J connectivity index is 0.00000271. The number of hydrogen-bond acceptors (Lipinski definition) is 1. The van der Waals surface area contributed by atoms with Crippen LogP contribution in [0.25, 0.3) is 44.2 Å². The van der Waals surface area contributed by atoms with Crippen molar-refractivity contribution in [2.24, 2.45) is 5.41 Å². The molecule has 0 saturated carbocycles. The zero-order chi connectivity index (χ0) is 42.5. The van der Waals surface area contributed by atoms with Gasteiger partial charge in [0.05, 0.1) is 11.0 Å². The second-order valence-corrected chi connectivity index (χ2v) is 15.2. The smallest absolute Gasteiger partial charge is 0.0541 e. The molecule has 0 aliphatic rings. The number of allylic oxidation sites excluding steroid dienone is 16. The largest absolute Gasteiger partial charge is 0.310 e. The van der Waals surface area contributed by atoms with Crippen LogP contribution in [-0.2, 0) is 0 Å². The van der Waals surface area contributed by atoms with Gasteiger partial charge in [-0.3, -0.25) is 0 Å². The molecule has 1 heterocycles. The average Bonchev–Trinajstić information content (AvgIpc) is 3.55. The highest BCUT2D eigenvalue weighted by Gasteiger charge is 2.27. The summed E-state index contributed by atoms with van der Waals surface area (Å²) in [7, 11) is 0. The molecule has 0 fully saturated rings. The first-order chi connectivity index (χ1) is 27.5. The fraction of sp³-hybridized carbons (Fsp3) is 0.309. The summed E-state index contributed by atoms with van der Waals surface area (Å²) in [6, 6.07) is 24.5. The molecule has 0 atom stereocenters. The third kappa shape index (κ3) is 12.6. The van der Waals surface area contributed by atoms with Gasteiger partial charge in [-0.15, -0.1) is 18.3 Å². The minimum atomic E-state index is -0.228. The van der Waals surface area contributed by atoms with Crippen LogP contribution in [0.15, 0.2) is 174 Å². The Morgan fingerprint density at radius 1 is 0.789 bits per heavy atom. The lowest BCUT2D eigenvalue weighted by Crippen LogP contribution is -2.18. The summed E-state index contributed by atoms with van der Waals surface area (Å²) in [6.07, 6.45) is 25.8. The third-order valence-corrected chi connectivity index (χ3v) is 11.2. The van der Waals surface area contributed by atoms with Gasteiger partial charge < -0.3 is 4.57 Å². The van der Waals surface area contributed by atoms with E-state index >= 15 is 0 Å². The molecule has 0 aliphatic carbocycles. The molecule has 0 saturated heterocycles. The number of nitrogens with zero attached hydrogens (tertiary/aromatic N) is 1. The van der Waals surface area contributed by atoms with Crippen molar-refractivity contribution in [1.29, 1.82) is 0 Å². The topological polar surface area (TPSA) is 4.93 Å². The van der Waals surface area contributed by atoms with Crippen molar-refractivity contribution in [2.45, 2.75) is 103 Å². The number of aromatic nitrogens is 1. The van der Waals surface area contributed by atoms with E-state index in [1.165, 1.54) is 65.7 Å². The highest BCUT2D eigenvalue weighted by molar-refractivity contribution is 8.03. The minimum absolute atomic E-state index is 0.228. The Bertz CT molecular complexity index is 2180. The predicted molar refractivity (Wildman–Crippen MR) is 265 cm³/mol. The maximum atomic E-state index is 4.52. The minimum Gasteiger partial charge on any atom is -0.310 e. The van der Waals surface area contributed by atoms with Gasteiger partial charge in [-0.1, -0.05) is 175 Å². The summed E-state index contributed by atoms with van der Waals surface area (Å²) < 4.78 is 2.43. The summed E-state index contributed by atoms with van der Waals surface area (Å²) >= 11 is 1.91. The van der Waals surface area contributed by atoms with E-state index in [0.29, 0.717) is 0 Å². The fourth-order valence-corrected chi connectivity index (χ4v) is 8.00. The van der Waals surface area contributed by atoms with Crippen LogP contribution in [0.3, 0.4) is 0 Å². The quantitative estimate of drug-likeness (QED) is 0.0810. The number of fused-ring (bicyclic) bond motifs is 3. The molecular formula is C55H71NS. The standard InChI is InChI=1S/C51H59NS.2C2H6/c1-12-17-18-20-25-38(8)42-28-30-48-45(34-42)46-35-43(41-26-21-19-22-27-41)29-31-49(46)52(48)44(16-5)36-47(37(6)7)51(10,11)39(9)32-33-53-50(24-14-3)40(15-4)23-13-2;2*1-2/h12-14,16-22,24-32,34-36H,2,6,15,23,33H2,1,3-5,7-11H3;2*1-2H3/b17-12-,20-18-,24-14-,38-25+,39-32+,44-16+,47-36+,50-40-;;. The van der Waals surface area contributed by atoms with Gasteiger partial charge in [-0.2, -0.15) is 0 Å². The van der Waals surface area contributed by atoms with Crippen molar-refractivity contribution >= 4 is 44.8 Å². The molecule has 0 bridgehead atoms. The van der Waals surface area contributed by atoms with Crippen LogP contribution in [0.1, 0.15) is 108 Å². The number of hydrogen-bond donors (Lipinski definition) is 0. The van der Waals surface area contributed by atoms with Gasteiger partial charge in [0, 0.05) is 32.5 Å². The molecule has 1 aromatic heterocycles. The number of rotatable bonds is 16. The monoisotopic (exact) mass is 778 g/mol. The van der Waals surface area contributed by atoms with E-state index in [0.717, 1.165) is 29.9 Å². The molecule has 57 heavy (non-hydrogen) atoms. The van der Waals surface area contributed by atoms with Crippen LogP contribution in [0.4, 0.5) is 0 Å². The Labute approximate surface area is 352 Å². The van der Waals surface area contributed by atoms with Crippen molar-refractivity contribution in [1.82, 2.24) is 4.57 Å². The summed E-state index contributed by atoms with van der Waals surface area (Å²) in [5.74, 6) is 0.910. The lowest BCUT2D eigenvalue weighted by atomic mass is 9.74. The second-order valence-electron chi connectivity index (χ2n) is 14.1. The predicted octanol–water partition coefficient (Wildman–Crippen LogP) is 17.9. The van der Waals surface area contributed by atoms with E-state index in [1.807, 2.05) is 58.5 Å². The van der Waals surface area contributed by atoms with Crippen LogP contribution < -0.4 is 0 Å². The Kier molecular flexibility index (Phi) is 21.0. The van der Waals surface area contributed by atoms with Gasteiger partial charge in [0.1, 0.15) is 0 Å². The highest BCUT2D eigenvalue weighted by Crippen LogP contribution is 2.42. The third-order valence-electron chi connectivity index (χ3n) is 10.2. The lowest BCUT2D eigenvalue weighted by molar-refractivity contribution is 0.544. The van der Waals surface area contributed by atoms with Crippen molar-refractivity contribution in [2.75, 3.05) is 5.75 Å². The van der Waals surface area contributed by atoms with Gasteiger partial charge in [0.2, 0.25) is 0 Å². The molecule has 2 heteroatoms. The van der Waals surface area contributed by atoms with Gasteiger partial charge >= 0.3 is 0 Å². The van der Waals surface area contributed by atoms with E-state index in [1.54, 1.807) is 0 Å². The summed E-state index contributed by atoms with van der Waals surface area (Å²) in [5, 5.41) is 2.48. The first-order valence-corrected chi connectivity index (χ1v) is 21.9. The molecule has 0 unspecified atom stereocenters. The first-order valence-electron chi connectivity index (χ1n) is 20.9. The molecule has 0 amide bonds. The van der Waals surface area contributed by atoms with E-state index < -0.39 is 0 Å². The molecule has 4 rings (SSSR count). The Morgan fingerprint density at radius 3 is 2.02 bits per heavy atom. The van der Waals surface area contributed by atoms with Crippen molar-refractivity contribution in [3.63, 3.8) is 0 Å². The first kappa shape index (κ1) is 48.4. The molecule has 0 radical (unpaired) electrons. The van der Waals surface area contributed by atoms with Gasteiger partial charge in [0.15, 0.2) is 0 Å². The van der Waals surface area contributed by atoms with Gasteiger partial charge in [0.25, 0.3) is 0 Å². The van der Waals surface area contributed by atoms with Crippen LogP contribution in [0.5, 0.6) is 0 Å². The van der Waals surface area contributed by atoms with Crippen molar-refractivity contribution in [3.8, 4) is 11.1 Å². The lowest BCUT2D eigenvalue weighted by Gasteiger charge is -2.31. The normalized spacial score (nSPS) is 13.6.